The number of hydrogen-bond donors (Lipinski definition) is 2. The first-order valence-corrected chi connectivity index (χ1v) is 5.57. The highest BCUT2D eigenvalue weighted by Crippen LogP contribution is 2.24. The number of likely N-dealkylation sites (N-methyl/N-ethyl adjacent to an activating group) is 1. The van der Waals surface area contributed by atoms with Gasteiger partial charge in [-0.05, 0) is 44.6 Å². The van der Waals surface area contributed by atoms with E-state index in [1.54, 1.807) is 13.0 Å². The fourth-order valence-corrected chi connectivity index (χ4v) is 2.09. The number of likely N-dealkylation sites (tertiary alicyclic amines) is 1. The Morgan fingerprint density at radius 3 is 2.88 bits per heavy atom. The number of nitrogens with zero attached hydrogens (tertiary/aromatic N) is 1. The van der Waals surface area contributed by atoms with Crippen molar-refractivity contribution in [1.29, 1.82) is 0 Å². The second-order valence-corrected chi connectivity index (χ2v) is 4.58. The van der Waals surface area contributed by atoms with Crippen molar-refractivity contribution in [3.05, 3.63) is 23.5 Å². The van der Waals surface area contributed by atoms with Crippen molar-refractivity contribution in [2.45, 2.75) is 19.4 Å². The maximum Gasteiger partial charge on any atom is 0.128 e. The molecule has 0 aliphatic carbocycles. The third-order valence-electron chi connectivity index (χ3n) is 3.08. The first-order valence-electron chi connectivity index (χ1n) is 5.57. The Bertz CT molecular complexity index is 392. The van der Waals surface area contributed by atoms with Crippen molar-refractivity contribution in [3.63, 3.8) is 0 Å². The Labute approximate surface area is 95.4 Å². The number of hydrogen-bond acceptors (Lipinski definition) is 3. The van der Waals surface area contributed by atoms with Gasteiger partial charge in [0, 0.05) is 12.6 Å². The van der Waals surface area contributed by atoms with Gasteiger partial charge >= 0.3 is 0 Å². The molecule has 1 atom stereocenters. The fourth-order valence-electron chi connectivity index (χ4n) is 2.09. The molecule has 1 aromatic rings. The number of anilines is 2. The number of nitrogens with two attached hydrogens (primary N) is 1. The predicted molar refractivity (Wildman–Crippen MR) is 65.1 cm³/mol. The van der Waals surface area contributed by atoms with E-state index < -0.39 is 0 Å². The molecule has 4 heteroatoms. The molecular formula is C12H18FN3. The van der Waals surface area contributed by atoms with Gasteiger partial charge in [-0.1, -0.05) is 0 Å². The lowest BCUT2D eigenvalue weighted by molar-refractivity contribution is 0.414. The molecule has 0 aromatic heterocycles. The van der Waals surface area contributed by atoms with Crippen LogP contribution in [0, 0.1) is 12.7 Å². The smallest absolute Gasteiger partial charge is 0.128 e. The summed E-state index contributed by atoms with van der Waals surface area (Å²) in [5.41, 5.74) is 7.75. The van der Waals surface area contributed by atoms with Gasteiger partial charge in [0.1, 0.15) is 5.82 Å². The lowest BCUT2D eigenvalue weighted by Crippen LogP contribution is -2.24. The standard InChI is InChI=1S/C12H18FN3/c1-8-5-12(11(14)6-10(8)13)15-9-3-4-16(2)7-9/h5-6,9,15H,3-4,7,14H2,1-2H3. The van der Waals surface area contributed by atoms with Crippen molar-refractivity contribution >= 4 is 11.4 Å². The second-order valence-electron chi connectivity index (χ2n) is 4.58. The highest BCUT2D eigenvalue weighted by atomic mass is 19.1. The Hall–Kier alpha value is -1.29. The molecule has 88 valence electrons. The second kappa shape index (κ2) is 4.29. The molecule has 1 unspecified atom stereocenters. The van der Waals surface area contributed by atoms with Crippen LogP contribution in [0.4, 0.5) is 15.8 Å². The zero-order valence-corrected chi connectivity index (χ0v) is 9.76. The van der Waals surface area contributed by atoms with Gasteiger partial charge in [0.15, 0.2) is 0 Å². The summed E-state index contributed by atoms with van der Waals surface area (Å²) in [7, 11) is 2.10. The lowest BCUT2D eigenvalue weighted by atomic mass is 10.1. The van der Waals surface area contributed by atoms with Crippen LogP contribution in [0.2, 0.25) is 0 Å². The maximum atomic E-state index is 13.2. The zero-order valence-electron chi connectivity index (χ0n) is 9.76. The number of benzene rings is 1. The minimum atomic E-state index is -0.244. The molecule has 1 aliphatic rings. The van der Waals surface area contributed by atoms with Crippen molar-refractivity contribution in [3.8, 4) is 0 Å². The van der Waals surface area contributed by atoms with Crippen LogP contribution < -0.4 is 11.1 Å². The van der Waals surface area contributed by atoms with Gasteiger partial charge < -0.3 is 16.0 Å². The summed E-state index contributed by atoms with van der Waals surface area (Å²) >= 11 is 0. The van der Waals surface area contributed by atoms with E-state index in [4.69, 9.17) is 5.73 Å². The summed E-state index contributed by atoms with van der Waals surface area (Å²) in [4.78, 5) is 2.27. The average Bonchev–Trinajstić information content (AvgIpc) is 2.60. The zero-order chi connectivity index (χ0) is 11.7. The predicted octanol–water partition coefficient (Wildman–Crippen LogP) is 1.83. The van der Waals surface area contributed by atoms with E-state index in [9.17, 15) is 4.39 Å². The molecular weight excluding hydrogens is 205 g/mol. The lowest BCUT2D eigenvalue weighted by Gasteiger charge is -2.16. The van der Waals surface area contributed by atoms with E-state index in [-0.39, 0.29) is 5.82 Å². The molecule has 3 nitrogen and oxygen atoms in total. The van der Waals surface area contributed by atoms with Crippen LogP contribution in [-0.2, 0) is 0 Å². The van der Waals surface area contributed by atoms with Crippen LogP contribution in [0.1, 0.15) is 12.0 Å². The van der Waals surface area contributed by atoms with E-state index in [0.29, 0.717) is 17.3 Å². The Morgan fingerprint density at radius 2 is 2.25 bits per heavy atom. The van der Waals surface area contributed by atoms with Crippen molar-refractivity contribution in [2.75, 3.05) is 31.2 Å². The van der Waals surface area contributed by atoms with Gasteiger partial charge in [-0.2, -0.15) is 0 Å². The van der Waals surface area contributed by atoms with Gasteiger partial charge in [-0.15, -0.1) is 0 Å². The van der Waals surface area contributed by atoms with Crippen LogP contribution in [0.3, 0.4) is 0 Å². The third kappa shape index (κ3) is 2.27. The Balaban J connectivity index is 2.12. The highest BCUT2D eigenvalue weighted by Gasteiger charge is 2.19. The maximum absolute atomic E-state index is 13.2. The Kier molecular flexibility index (Phi) is 3.01. The first kappa shape index (κ1) is 11.2. The molecule has 0 bridgehead atoms. The van der Waals surface area contributed by atoms with Crippen molar-refractivity contribution < 1.29 is 4.39 Å². The van der Waals surface area contributed by atoms with Crippen molar-refractivity contribution in [1.82, 2.24) is 4.90 Å². The molecule has 0 amide bonds. The summed E-state index contributed by atoms with van der Waals surface area (Å²) in [6.07, 6.45) is 1.10. The molecule has 1 heterocycles. The normalized spacial score (nSPS) is 21.3. The van der Waals surface area contributed by atoms with Crippen LogP contribution in [0.15, 0.2) is 12.1 Å². The summed E-state index contributed by atoms with van der Waals surface area (Å²) in [5.74, 6) is -0.244. The van der Waals surface area contributed by atoms with E-state index in [2.05, 4.69) is 17.3 Å². The molecule has 0 spiro atoms. The van der Waals surface area contributed by atoms with E-state index in [1.165, 1.54) is 6.07 Å². The molecule has 1 saturated heterocycles. The average molecular weight is 223 g/mol. The molecule has 1 aromatic carbocycles. The van der Waals surface area contributed by atoms with E-state index in [1.807, 2.05) is 0 Å². The van der Waals surface area contributed by atoms with E-state index in [0.717, 1.165) is 25.2 Å². The summed E-state index contributed by atoms with van der Waals surface area (Å²) in [6.45, 7) is 3.86. The number of aryl methyl sites for hydroxylation is 1. The van der Waals surface area contributed by atoms with Crippen LogP contribution >= 0.6 is 0 Å². The first-order chi connectivity index (χ1) is 7.56. The van der Waals surface area contributed by atoms with Crippen LogP contribution in [-0.4, -0.2) is 31.1 Å². The quantitative estimate of drug-likeness (QED) is 0.752. The van der Waals surface area contributed by atoms with Gasteiger partial charge in [0.25, 0.3) is 0 Å². The number of nitrogens with one attached hydrogen (secondary N) is 1. The van der Waals surface area contributed by atoms with Crippen molar-refractivity contribution in [2.24, 2.45) is 0 Å². The summed E-state index contributed by atoms with van der Waals surface area (Å²) in [6, 6.07) is 3.58. The largest absolute Gasteiger partial charge is 0.397 e. The number of rotatable bonds is 2. The SMILES string of the molecule is Cc1cc(NC2CCN(C)C2)c(N)cc1F. The molecule has 2 rings (SSSR count). The summed E-state index contributed by atoms with van der Waals surface area (Å²) < 4.78 is 13.2. The molecule has 1 aliphatic heterocycles. The highest BCUT2D eigenvalue weighted by molar-refractivity contribution is 5.67. The molecule has 0 saturated carbocycles. The van der Waals surface area contributed by atoms with Gasteiger partial charge in [-0.25, -0.2) is 4.39 Å². The number of nitrogen functional groups attached to an aromatic ring is 1. The number of halogens is 1. The fraction of sp³-hybridized carbons (Fsp3) is 0.500. The van der Waals surface area contributed by atoms with Crippen LogP contribution in [0.25, 0.3) is 0 Å². The van der Waals surface area contributed by atoms with Gasteiger partial charge in [0.05, 0.1) is 11.4 Å². The summed E-state index contributed by atoms with van der Waals surface area (Å²) in [5, 5.41) is 3.37. The molecule has 16 heavy (non-hydrogen) atoms. The Morgan fingerprint density at radius 1 is 1.50 bits per heavy atom. The molecule has 3 N–H and O–H groups in total. The third-order valence-corrected chi connectivity index (χ3v) is 3.08. The molecule has 0 radical (unpaired) electrons. The minimum absolute atomic E-state index is 0.244. The topological polar surface area (TPSA) is 41.3 Å². The van der Waals surface area contributed by atoms with Gasteiger partial charge in [0.2, 0.25) is 0 Å². The molecule has 1 fully saturated rings. The van der Waals surface area contributed by atoms with Crippen LogP contribution in [0.5, 0.6) is 0 Å². The van der Waals surface area contributed by atoms with Gasteiger partial charge in [-0.3, -0.25) is 0 Å². The monoisotopic (exact) mass is 223 g/mol. The minimum Gasteiger partial charge on any atom is -0.397 e. The van der Waals surface area contributed by atoms with E-state index >= 15 is 0 Å².